The number of hydrogen-bond acceptors (Lipinski definition) is 7. The maximum Gasteiger partial charge on any atom is 0.251 e. The molecule has 2 atom stereocenters. The second kappa shape index (κ2) is 9.48. The third kappa shape index (κ3) is 4.64. The molecule has 0 aliphatic heterocycles. The molecule has 1 aliphatic rings. The van der Waals surface area contributed by atoms with Crippen molar-refractivity contribution in [3.05, 3.63) is 99.2 Å². The van der Waals surface area contributed by atoms with E-state index in [4.69, 9.17) is 10.2 Å². The van der Waals surface area contributed by atoms with Gasteiger partial charge in [-0.15, -0.1) is 21.5 Å². The number of amides is 1. The average molecular weight is 474 g/mol. The highest BCUT2D eigenvalue weighted by atomic mass is 32.1. The van der Waals surface area contributed by atoms with Crippen LogP contribution in [0.4, 0.5) is 0 Å². The highest BCUT2D eigenvalue weighted by Crippen LogP contribution is 2.47. The summed E-state index contributed by atoms with van der Waals surface area (Å²) in [5, 5.41) is 14.4. The quantitative estimate of drug-likeness (QED) is 0.410. The Labute approximate surface area is 202 Å². The lowest BCUT2D eigenvalue weighted by molar-refractivity contribution is 0.0950. The minimum absolute atomic E-state index is 0.140. The summed E-state index contributed by atoms with van der Waals surface area (Å²) >= 11 is 1.54. The number of thiazole rings is 1. The largest absolute Gasteiger partial charge is 0.423 e. The van der Waals surface area contributed by atoms with Gasteiger partial charge in [0, 0.05) is 22.6 Å². The van der Waals surface area contributed by atoms with Gasteiger partial charge in [-0.2, -0.15) is 0 Å². The summed E-state index contributed by atoms with van der Waals surface area (Å²) in [6, 6.07) is 17.8. The Hall–Kier alpha value is -3.36. The van der Waals surface area contributed by atoms with E-state index in [-0.39, 0.29) is 11.8 Å². The maximum atomic E-state index is 12.6. The summed E-state index contributed by atoms with van der Waals surface area (Å²) in [4.78, 5) is 17.0. The number of aryl methyl sites for hydroxylation is 1. The first kappa shape index (κ1) is 22.4. The third-order valence-corrected chi connectivity index (χ3v) is 7.35. The standard InChI is InChI=1S/C26H27N5O2S/c1-17-16-34-23(29-17)15-28-24(32)20-10-5-7-18(13-20)14-22-30-31-25(33-22)26(27)12-6-11-21(26)19-8-3-2-4-9-19/h2-5,7-10,13,16,21H,6,11-12,14-15,27H2,1H3,(H,28,32). The van der Waals surface area contributed by atoms with Crippen molar-refractivity contribution in [2.24, 2.45) is 5.73 Å². The number of nitrogens with zero attached hydrogens (tertiary/aromatic N) is 3. The zero-order valence-electron chi connectivity index (χ0n) is 19.0. The van der Waals surface area contributed by atoms with E-state index in [0.29, 0.717) is 30.3 Å². The topological polar surface area (TPSA) is 107 Å². The zero-order chi connectivity index (χ0) is 23.5. The van der Waals surface area contributed by atoms with Crippen molar-refractivity contribution in [3.8, 4) is 0 Å². The van der Waals surface area contributed by atoms with Crippen molar-refractivity contribution >= 4 is 17.2 Å². The van der Waals surface area contributed by atoms with Crippen molar-refractivity contribution in [1.82, 2.24) is 20.5 Å². The van der Waals surface area contributed by atoms with E-state index >= 15 is 0 Å². The van der Waals surface area contributed by atoms with Crippen molar-refractivity contribution in [3.63, 3.8) is 0 Å². The van der Waals surface area contributed by atoms with E-state index in [0.717, 1.165) is 35.5 Å². The van der Waals surface area contributed by atoms with Crippen LogP contribution in [0.3, 0.4) is 0 Å². The fourth-order valence-electron chi connectivity index (χ4n) is 4.69. The minimum Gasteiger partial charge on any atom is -0.423 e. The number of nitrogens with two attached hydrogens (primary N) is 1. The number of aromatic nitrogens is 3. The van der Waals surface area contributed by atoms with E-state index in [9.17, 15) is 4.79 Å². The first-order valence-electron chi connectivity index (χ1n) is 11.5. The lowest BCUT2D eigenvalue weighted by atomic mass is 9.82. The van der Waals surface area contributed by atoms with Gasteiger partial charge < -0.3 is 15.5 Å². The Morgan fingerprint density at radius 2 is 2.06 bits per heavy atom. The van der Waals surface area contributed by atoms with Gasteiger partial charge in [-0.05, 0) is 43.0 Å². The molecule has 1 fully saturated rings. The van der Waals surface area contributed by atoms with Gasteiger partial charge in [0.2, 0.25) is 11.8 Å². The summed E-state index contributed by atoms with van der Waals surface area (Å²) < 4.78 is 6.08. The molecule has 8 heteroatoms. The van der Waals surface area contributed by atoms with Crippen LogP contribution in [0.25, 0.3) is 0 Å². The first-order valence-corrected chi connectivity index (χ1v) is 12.3. The SMILES string of the molecule is Cc1csc(CNC(=O)c2cccc(Cc3nnc(C4(N)CCCC4c4ccccc4)o3)c2)n1. The van der Waals surface area contributed by atoms with Crippen molar-refractivity contribution in [1.29, 1.82) is 0 Å². The van der Waals surface area contributed by atoms with E-state index < -0.39 is 5.54 Å². The average Bonchev–Trinajstić information content (AvgIpc) is 3.59. The molecule has 7 nitrogen and oxygen atoms in total. The Bertz CT molecular complexity index is 1290. The normalized spacial score (nSPS) is 19.9. The van der Waals surface area contributed by atoms with Crippen LogP contribution >= 0.6 is 11.3 Å². The summed E-state index contributed by atoms with van der Waals surface area (Å²) in [5.41, 5.74) is 9.86. The predicted molar refractivity (Wildman–Crippen MR) is 130 cm³/mol. The molecule has 1 amide bonds. The van der Waals surface area contributed by atoms with Crippen LogP contribution in [-0.2, 0) is 18.5 Å². The van der Waals surface area contributed by atoms with Gasteiger partial charge in [0.15, 0.2) is 0 Å². The van der Waals surface area contributed by atoms with Crippen LogP contribution in [-0.4, -0.2) is 21.1 Å². The van der Waals surface area contributed by atoms with Crippen LogP contribution in [0.15, 0.2) is 64.4 Å². The molecule has 2 aromatic heterocycles. The second-order valence-electron chi connectivity index (χ2n) is 8.84. The highest BCUT2D eigenvalue weighted by Gasteiger charge is 2.46. The molecule has 2 aromatic carbocycles. The lowest BCUT2D eigenvalue weighted by Gasteiger charge is -2.28. The van der Waals surface area contributed by atoms with Crippen molar-refractivity contribution in [2.75, 3.05) is 0 Å². The molecule has 1 saturated carbocycles. The Kier molecular flexibility index (Phi) is 6.26. The van der Waals surface area contributed by atoms with Crippen molar-refractivity contribution in [2.45, 2.75) is 50.6 Å². The van der Waals surface area contributed by atoms with E-state index in [1.807, 2.05) is 48.7 Å². The van der Waals surface area contributed by atoms with Crippen LogP contribution < -0.4 is 11.1 Å². The lowest BCUT2D eigenvalue weighted by Crippen LogP contribution is -2.39. The number of carbonyl (C=O) groups is 1. The van der Waals surface area contributed by atoms with Gasteiger partial charge in [-0.3, -0.25) is 4.79 Å². The maximum absolute atomic E-state index is 12.6. The first-order chi connectivity index (χ1) is 16.5. The molecule has 0 saturated heterocycles. The molecule has 0 radical (unpaired) electrons. The number of benzene rings is 2. The Balaban J connectivity index is 1.28. The van der Waals surface area contributed by atoms with E-state index in [1.54, 1.807) is 6.07 Å². The van der Waals surface area contributed by atoms with Crippen LogP contribution in [0, 0.1) is 6.92 Å². The molecule has 3 N–H and O–H groups in total. The molecule has 4 aromatic rings. The van der Waals surface area contributed by atoms with Gasteiger partial charge in [-0.25, -0.2) is 4.98 Å². The smallest absolute Gasteiger partial charge is 0.251 e. The summed E-state index contributed by atoms with van der Waals surface area (Å²) in [6.07, 6.45) is 3.26. The third-order valence-electron chi connectivity index (χ3n) is 6.38. The molecule has 2 heterocycles. The van der Waals surface area contributed by atoms with Gasteiger partial charge in [-0.1, -0.05) is 48.9 Å². The van der Waals surface area contributed by atoms with Gasteiger partial charge in [0.1, 0.15) is 10.5 Å². The molecule has 2 unspecified atom stereocenters. The molecule has 0 bridgehead atoms. The number of carbonyl (C=O) groups excluding carboxylic acids is 1. The highest BCUT2D eigenvalue weighted by molar-refractivity contribution is 7.09. The monoisotopic (exact) mass is 473 g/mol. The molecular formula is C26H27N5O2S. The fourth-order valence-corrected chi connectivity index (χ4v) is 5.40. The van der Waals surface area contributed by atoms with Crippen molar-refractivity contribution < 1.29 is 9.21 Å². The van der Waals surface area contributed by atoms with Crippen LogP contribution in [0.5, 0.6) is 0 Å². The fraction of sp³-hybridized carbons (Fsp3) is 0.308. The number of nitrogens with one attached hydrogen (secondary N) is 1. The molecule has 1 aliphatic carbocycles. The molecule has 34 heavy (non-hydrogen) atoms. The van der Waals surface area contributed by atoms with Gasteiger partial charge in [0.25, 0.3) is 5.91 Å². The zero-order valence-corrected chi connectivity index (χ0v) is 19.8. The van der Waals surface area contributed by atoms with Gasteiger partial charge >= 0.3 is 0 Å². The molecular weight excluding hydrogens is 446 g/mol. The van der Waals surface area contributed by atoms with Gasteiger partial charge in [0.05, 0.1) is 13.0 Å². The number of hydrogen-bond donors (Lipinski definition) is 2. The predicted octanol–water partition coefficient (Wildman–Crippen LogP) is 4.48. The molecule has 0 spiro atoms. The summed E-state index contributed by atoms with van der Waals surface area (Å²) in [7, 11) is 0. The minimum atomic E-state index is -0.664. The molecule has 5 rings (SSSR count). The summed E-state index contributed by atoms with van der Waals surface area (Å²) in [6.45, 7) is 2.35. The Morgan fingerprint density at radius 3 is 2.85 bits per heavy atom. The Morgan fingerprint density at radius 1 is 1.21 bits per heavy atom. The van der Waals surface area contributed by atoms with Crippen LogP contribution in [0.2, 0.25) is 0 Å². The van der Waals surface area contributed by atoms with E-state index in [1.165, 1.54) is 16.9 Å². The number of rotatable bonds is 7. The van der Waals surface area contributed by atoms with E-state index in [2.05, 4.69) is 32.6 Å². The molecule has 174 valence electrons. The summed E-state index contributed by atoms with van der Waals surface area (Å²) in [5.74, 6) is 0.991. The second-order valence-corrected chi connectivity index (χ2v) is 9.78. The van der Waals surface area contributed by atoms with Crippen LogP contribution in [0.1, 0.15) is 69.1 Å².